The maximum atomic E-state index is 2.26. The fourth-order valence-electron chi connectivity index (χ4n) is 2.71. The molecule has 2 aliphatic rings. The van der Waals surface area contributed by atoms with Crippen LogP contribution >= 0.6 is 0 Å². The molecule has 0 nitrogen and oxygen atoms in total. The van der Waals surface area contributed by atoms with Gasteiger partial charge in [0.05, 0.1) is 0 Å². The van der Waals surface area contributed by atoms with E-state index in [1.165, 1.54) is 77.0 Å². The van der Waals surface area contributed by atoms with Crippen LogP contribution in [-0.4, -0.2) is 0 Å². The van der Waals surface area contributed by atoms with Crippen molar-refractivity contribution in [2.75, 3.05) is 0 Å². The SMILES string of the molecule is C1=CC=CCCCCCCC=C1.C1=CC=CCCCCCCC=C1.[Ni]. The molecule has 0 heterocycles. The average molecular weight is 383 g/mol. The summed E-state index contributed by atoms with van der Waals surface area (Å²) < 4.78 is 0. The van der Waals surface area contributed by atoms with Crippen LogP contribution in [0.1, 0.15) is 77.0 Å². The molecule has 0 spiro atoms. The normalized spacial score (nSPS) is 19.2. The molecule has 0 unspecified atom stereocenters. The molecule has 0 aliphatic heterocycles. The first-order chi connectivity index (χ1) is 12.0. The predicted molar refractivity (Wildman–Crippen MR) is 110 cm³/mol. The van der Waals surface area contributed by atoms with Gasteiger partial charge in [-0.05, 0) is 51.4 Å². The molecular weight excluding hydrogens is 347 g/mol. The molecule has 0 amide bonds. The molecule has 0 saturated carbocycles. The van der Waals surface area contributed by atoms with Crippen molar-refractivity contribution in [2.24, 2.45) is 0 Å². The molecule has 0 aromatic heterocycles. The minimum atomic E-state index is 0. The first-order valence-electron chi connectivity index (χ1n) is 9.97. The van der Waals surface area contributed by atoms with Gasteiger partial charge in [-0.15, -0.1) is 0 Å². The van der Waals surface area contributed by atoms with Gasteiger partial charge in [-0.2, -0.15) is 0 Å². The molecule has 2 rings (SSSR count). The van der Waals surface area contributed by atoms with Crippen LogP contribution < -0.4 is 0 Å². The Kier molecular flexibility index (Phi) is 20.1. The molecule has 0 fully saturated rings. The second-order valence-electron chi connectivity index (χ2n) is 6.47. The van der Waals surface area contributed by atoms with Crippen molar-refractivity contribution in [1.29, 1.82) is 0 Å². The van der Waals surface area contributed by atoms with E-state index in [9.17, 15) is 0 Å². The Bertz CT molecular complexity index is 353. The van der Waals surface area contributed by atoms with Crippen molar-refractivity contribution in [3.05, 3.63) is 72.9 Å². The largest absolute Gasteiger partial charge is 0.0845 e. The van der Waals surface area contributed by atoms with Crippen LogP contribution in [0.25, 0.3) is 0 Å². The first-order valence-corrected chi connectivity index (χ1v) is 9.97. The van der Waals surface area contributed by atoms with Gasteiger partial charge in [-0.25, -0.2) is 0 Å². The summed E-state index contributed by atoms with van der Waals surface area (Å²) in [6, 6.07) is 0. The summed E-state index contributed by atoms with van der Waals surface area (Å²) >= 11 is 0. The zero-order valence-electron chi connectivity index (χ0n) is 15.7. The zero-order chi connectivity index (χ0) is 17.0. The fourth-order valence-corrected chi connectivity index (χ4v) is 2.71. The number of rotatable bonds is 0. The molecule has 0 bridgehead atoms. The number of hydrogen-bond acceptors (Lipinski definition) is 0. The average Bonchev–Trinajstić information content (AvgIpc) is 2.56. The van der Waals surface area contributed by atoms with E-state index in [1.807, 2.05) is 0 Å². The third kappa shape index (κ3) is 19.1. The number of hydrogen-bond donors (Lipinski definition) is 0. The Morgan fingerprint density at radius 1 is 0.280 bits per heavy atom. The summed E-state index contributed by atoms with van der Waals surface area (Å²) in [7, 11) is 0. The Morgan fingerprint density at radius 2 is 0.520 bits per heavy atom. The Labute approximate surface area is 166 Å². The van der Waals surface area contributed by atoms with Crippen LogP contribution in [0.15, 0.2) is 72.9 Å². The quantitative estimate of drug-likeness (QED) is 0.372. The van der Waals surface area contributed by atoms with Crippen LogP contribution in [-0.2, 0) is 16.5 Å². The van der Waals surface area contributed by atoms with Gasteiger partial charge >= 0.3 is 0 Å². The van der Waals surface area contributed by atoms with Crippen LogP contribution in [0.5, 0.6) is 0 Å². The van der Waals surface area contributed by atoms with Crippen molar-refractivity contribution in [2.45, 2.75) is 77.0 Å². The van der Waals surface area contributed by atoms with Crippen molar-refractivity contribution >= 4 is 0 Å². The van der Waals surface area contributed by atoms with Gasteiger partial charge in [0.25, 0.3) is 0 Å². The van der Waals surface area contributed by atoms with E-state index in [-0.39, 0.29) is 16.5 Å². The van der Waals surface area contributed by atoms with Crippen LogP contribution in [0.4, 0.5) is 0 Å². The molecular formula is C24H36Ni. The Balaban J connectivity index is 0.000000443. The van der Waals surface area contributed by atoms with Crippen LogP contribution in [0, 0.1) is 0 Å². The van der Waals surface area contributed by atoms with Gasteiger partial charge in [0.1, 0.15) is 0 Å². The van der Waals surface area contributed by atoms with Gasteiger partial charge in [0, 0.05) is 16.5 Å². The summed E-state index contributed by atoms with van der Waals surface area (Å²) in [6.07, 6.45) is 42.0. The fraction of sp³-hybridized carbons (Fsp3) is 0.500. The van der Waals surface area contributed by atoms with Gasteiger partial charge in [-0.3, -0.25) is 0 Å². The molecule has 0 atom stereocenters. The van der Waals surface area contributed by atoms with Gasteiger partial charge in [0.2, 0.25) is 0 Å². The van der Waals surface area contributed by atoms with E-state index < -0.39 is 0 Å². The van der Waals surface area contributed by atoms with E-state index in [2.05, 4.69) is 72.9 Å². The van der Waals surface area contributed by atoms with E-state index in [1.54, 1.807) is 0 Å². The van der Waals surface area contributed by atoms with Crippen LogP contribution in [0.2, 0.25) is 0 Å². The summed E-state index contributed by atoms with van der Waals surface area (Å²) in [4.78, 5) is 0. The molecule has 25 heavy (non-hydrogen) atoms. The first kappa shape index (κ1) is 23.9. The maximum absolute atomic E-state index is 2.26. The summed E-state index contributed by atoms with van der Waals surface area (Å²) in [5.41, 5.74) is 0. The summed E-state index contributed by atoms with van der Waals surface area (Å²) in [6.45, 7) is 0. The smallest absolute Gasteiger partial charge is 0 e. The molecule has 0 radical (unpaired) electrons. The topological polar surface area (TPSA) is 0 Å². The van der Waals surface area contributed by atoms with Gasteiger partial charge < -0.3 is 0 Å². The Hall–Kier alpha value is -1.07. The molecule has 0 aromatic carbocycles. The van der Waals surface area contributed by atoms with Gasteiger partial charge in [0.15, 0.2) is 0 Å². The molecule has 2 aliphatic carbocycles. The second-order valence-corrected chi connectivity index (χ2v) is 6.47. The minimum absolute atomic E-state index is 0. The second kappa shape index (κ2) is 21.0. The van der Waals surface area contributed by atoms with Crippen molar-refractivity contribution in [1.82, 2.24) is 0 Å². The summed E-state index contributed by atoms with van der Waals surface area (Å²) in [5.74, 6) is 0. The number of allylic oxidation sites excluding steroid dienone is 12. The molecule has 142 valence electrons. The molecule has 0 aromatic rings. The van der Waals surface area contributed by atoms with E-state index >= 15 is 0 Å². The Morgan fingerprint density at radius 3 is 0.760 bits per heavy atom. The molecule has 0 N–H and O–H groups in total. The predicted octanol–water partition coefficient (Wildman–Crippen LogP) is 8.02. The zero-order valence-corrected chi connectivity index (χ0v) is 16.7. The molecule has 0 saturated heterocycles. The van der Waals surface area contributed by atoms with Crippen molar-refractivity contribution in [3.63, 3.8) is 0 Å². The van der Waals surface area contributed by atoms with E-state index in [0.717, 1.165) is 0 Å². The third-order valence-corrected chi connectivity index (χ3v) is 4.19. The summed E-state index contributed by atoms with van der Waals surface area (Å²) in [5, 5.41) is 0. The van der Waals surface area contributed by atoms with Crippen LogP contribution in [0.3, 0.4) is 0 Å². The van der Waals surface area contributed by atoms with Crippen molar-refractivity contribution < 1.29 is 16.5 Å². The van der Waals surface area contributed by atoms with Gasteiger partial charge in [-0.1, -0.05) is 98.6 Å². The van der Waals surface area contributed by atoms with Crippen molar-refractivity contribution in [3.8, 4) is 0 Å². The van der Waals surface area contributed by atoms with E-state index in [0.29, 0.717) is 0 Å². The molecule has 1 heteroatoms. The standard InChI is InChI=1S/2C12H18.Ni/c2*1-2-4-6-8-10-12-11-9-7-5-3-1;/h2*1-6H,7-12H2;. The third-order valence-electron chi connectivity index (χ3n) is 4.19. The maximum Gasteiger partial charge on any atom is 0 e. The monoisotopic (exact) mass is 382 g/mol. The minimum Gasteiger partial charge on any atom is -0.0845 e. The van der Waals surface area contributed by atoms with E-state index in [4.69, 9.17) is 0 Å².